The molecule has 17 heavy (non-hydrogen) atoms. The molecule has 0 bridgehead atoms. The van der Waals surface area contributed by atoms with E-state index in [1.807, 2.05) is 17.9 Å². The molecule has 2 fully saturated rings. The van der Waals surface area contributed by atoms with Crippen molar-refractivity contribution >= 4 is 5.91 Å². The van der Waals surface area contributed by atoms with E-state index in [0.29, 0.717) is 17.7 Å². The van der Waals surface area contributed by atoms with Crippen LogP contribution >= 0.6 is 0 Å². The molecule has 3 heterocycles. The number of furan rings is 1. The average molecular weight is 234 g/mol. The minimum Gasteiger partial charge on any atom is -0.459 e. The third-order valence-corrected chi connectivity index (χ3v) is 4.05. The van der Waals surface area contributed by atoms with Crippen LogP contribution in [0.1, 0.15) is 29.0 Å². The molecule has 2 aliphatic rings. The minimum atomic E-state index is 0.0590. The summed E-state index contributed by atoms with van der Waals surface area (Å²) in [6.45, 7) is 4.80. The number of piperidine rings is 1. The van der Waals surface area contributed by atoms with Gasteiger partial charge in [0.15, 0.2) is 5.76 Å². The van der Waals surface area contributed by atoms with E-state index in [4.69, 9.17) is 4.42 Å². The zero-order chi connectivity index (χ0) is 11.8. The second-order valence-corrected chi connectivity index (χ2v) is 5.04. The number of rotatable bonds is 1. The summed E-state index contributed by atoms with van der Waals surface area (Å²) < 4.78 is 5.31. The van der Waals surface area contributed by atoms with Crippen LogP contribution in [-0.2, 0) is 0 Å². The molecule has 4 nitrogen and oxygen atoms in total. The van der Waals surface area contributed by atoms with Crippen LogP contribution in [0.2, 0.25) is 0 Å². The highest BCUT2D eigenvalue weighted by Gasteiger charge is 2.39. The van der Waals surface area contributed by atoms with E-state index in [-0.39, 0.29) is 5.91 Å². The van der Waals surface area contributed by atoms with Crippen molar-refractivity contribution in [3.63, 3.8) is 0 Å². The lowest BCUT2D eigenvalue weighted by Gasteiger charge is -2.31. The van der Waals surface area contributed by atoms with E-state index in [2.05, 4.69) is 5.32 Å². The van der Waals surface area contributed by atoms with Gasteiger partial charge in [0, 0.05) is 24.7 Å². The van der Waals surface area contributed by atoms with Crippen molar-refractivity contribution in [2.24, 2.45) is 5.92 Å². The highest BCUT2D eigenvalue weighted by molar-refractivity contribution is 5.93. The summed E-state index contributed by atoms with van der Waals surface area (Å²) in [6, 6.07) is 2.21. The average Bonchev–Trinajstić information content (AvgIpc) is 2.94. The number of carbonyl (C=O) groups excluding carboxylic acids is 1. The molecule has 4 heteroatoms. The van der Waals surface area contributed by atoms with Gasteiger partial charge in [-0.1, -0.05) is 0 Å². The van der Waals surface area contributed by atoms with Crippen molar-refractivity contribution in [2.45, 2.75) is 25.8 Å². The van der Waals surface area contributed by atoms with Crippen molar-refractivity contribution in [1.29, 1.82) is 0 Å². The number of hydrogen-bond acceptors (Lipinski definition) is 3. The maximum atomic E-state index is 12.4. The fourth-order valence-corrected chi connectivity index (χ4v) is 3.04. The van der Waals surface area contributed by atoms with E-state index in [1.165, 1.54) is 6.42 Å². The first kappa shape index (κ1) is 10.8. The van der Waals surface area contributed by atoms with Gasteiger partial charge in [-0.25, -0.2) is 0 Å². The quantitative estimate of drug-likeness (QED) is 0.799. The lowest BCUT2D eigenvalue weighted by molar-refractivity contribution is 0.0669. The van der Waals surface area contributed by atoms with Gasteiger partial charge in [0.05, 0.1) is 6.26 Å². The third kappa shape index (κ3) is 1.76. The number of aryl methyl sites for hydroxylation is 1. The van der Waals surface area contributed by atoms with E-state index < -0.39 is 0 Å². The summed E-state index contributed by atoms with van der Waals surface area (Å²) in [5, 5.41) is 3.38. The summed E-state index contributed by atoms with van der Waals surface area (Å²) in [6.07, 6.45) is 3.92. The molecule has 1 aromatic heterocycles. The van der Waals surface area contributed by atoms with Crippen LogP contribution < -0.4 is 5.32 Å². The normalized spacial score (nSPS) is 28.2. The van der Waals surface area contributed by atoms with Crippen LogP contribution in [-0.4, -0.2) is 36.5 Å². The summed E-state index contributed by atoms with van der Waals surface area (Å²) >= 11 is 0. The Bertz CT molecular complexity index is 427. The molecule has 0 aromatic carbocycles. The first-order valence-corrected chi connectivity index (χ1v) is 6.33. The summed E-state index contributed by atoms with van der Waals surface area (Å²) in [5.41, 5.74) is 0.933. The Morgan fingerprint density at radius 1 is 1.53 bits per heavy atom. The first-order chi connectivity index (χ1) is 8.27. The molecule has 2 atom stereocenters. The van der Waals surface area contributed by atoms with Gasteiger partial charge < -0.3 is 14.6 Å². The number of nitrogens with one attached hydrogen (secondary N) is 1. The predicted molar refractivity (Wildman–Crippen MR) is 63.9 cm³/mol. The number of hydrogen-bond donors (Lipinski definition) is 1. The van der Waals surface area contributed by atoms with Crippen molar-refractivity contribution < 1.29 is 9.21 Å². The maximum absolute atomic E-state index is 12.4. The smallest absolute Gasteiger partial charge is 0.290 e. The summed E-state index contributed by atoms with van der Waals surface area (Å²) in [7, 11) is 0. The second kappa shape index (κ2) is 4.18. The largest absolute Gasteiger partial charge is 0.459 e. The van der Waals surface area contributed by atoms with Gasteiger partial charge in [-0.05, 0) is 38.3 Å². The monoisotopic (exact) mass is 234 g/mol. The molecule has 0 saturated carbocycles. The van der Waals surface area contributed by atoms with E-state index in [0.717, 1.165) is 31.6 Å². The summed E-state index contributed by atoms with van der Waals surface area (Å²) in [5.74, 6) is 1.25. The highest BCUT2D eigenvalue weighted by atomic mass is 16.3. The molecule has 1 N–H and O–H groups in total. The zero-order valence-electron chi connectivity index (χ0n) is 10.1. The van der Waals surface area contributed by atoms with Crippen molar-refractivity contribution in [3.8, 4) is 0 Å². The number of nitrogens with zero attached hydrogens (tertiary/aromatic N) is 1. The molecule has 2 unspecified atom stereocenters. The van der Waals surface area contributed by atoms with Gasteiger partial charge >= 0.3 is 0 Å². The molecular formula is C13H18N2O2. The van der Waals surface area contributed by atoms with Gasteiger partial charge in [0.2, 0.25) is 0 Å². The molecular weight excluding hydrogens is 216 g/mol. The standard InChI is InChI=1S/C13H18N2O2/c1-9-4-7-17-12(9)13(16)15-6-3-10-2-5-14-8-11(10)15/h4,7,10-11,14H,2-3,5-6,8H2,1H3. The Balaban J connectivity index is 1.81. The number of amides is 1. The van der Waals surface area contributed by atoms with Gasteiger partial charge in [0.1, 0.15) is 0 Å². The van der Waals surface area contributed by atoms with Gasteiger partial charge in [-0.2, -0.15) is 0 Å². The molecule has 1 aromatic rings. The second-order valence-electron chi connectivity index (χ2n) is 5.04. The molecule has 0 spiro atoms. The topological polar surface area (TPSA) is 45.5 Å². The fourth-order valence-electron chi connectivity index (χ4n) is 3.04. The van der Waals surface area contributed by atoms with Gasteiger partial charge in [-0.3, -0.25) is 4.79 Å². The van der Waals surface area contributed by atoms with Crippen LogP contribution in [0, 0.1) is 12.8 Å². The number of carbonyl (C=O) groups is 1. The Morgan fingerprint density at radius 3 is 3.18 bits per heavy atom. The van der Waals surface area contributed by atoms with Crippen LogP contribution in [0.15, 0.2) is 16.7 Å². The minimum absolute atomic E-state index is 0.0590. The zero-order valence-corrected chi connectivity index (χ0v) is 10.1. The van der Waals surface area contributed by atoms with Crippen molar-refractivity contribution in [2.75, 3.05) is 19.6 Å². The Hall–Kier alpha value is -1.29. The number of fused-ring (bicyclic) bond motifs is 1. The van der Waals surface area contributed by atoms with Gasteiger partial charge in [0.25, 0.3) is 5.91 Å². The third-order valence-electron chi connectivity index (χ3n) is 4.05. The van der Waals surface area contributed by atoms with Crippen LogP contribution in [0.25, 0.3) is 0 Å². The van der Waals surface area contributed by atoms with E-state index in [1.54, 1.807) is 6.26 Å². The fraction of sp³-hybridized carbons (Fsp3) is 0.615. The lowest BCUT2D eigenvalue weighted by Crippen LogP contribution is -2.48. The van der Waals surface area contributed by atoms with Crippen molar-refractivity contribution in [3.05, 3.63) is 23.7 Å². The molecule has 0 radical (unpaired) electrons. The number of likely N-dealkylation sites (tertiary alicyclic amines) is 1. The molecule has 3 rings (SSSR count). The first-order valence-electron chi connectivity index (χ1n) is 6.33. The maximum Gasteiger partial charge on any atom is 0.290 e. The Kier molecular flexibility index (Phi) is 2.67. The van der Waals surface area contributed by atoms with Crippen LogP contribution in [0.4, 0.5) is 0 Å². The van der Waals surface area contributed by atoms with E-state index in [9.17, 15) is 4.79 Å². The predicted octanol–water partition coefficient (Wildman–Crippen LogP) is 1.41. The molecule has 2 saturated heterocycles. The Labute approximate surface area is 101 Å². The molecule has 1 amide bonds. The molecule has 2 aliphatic heterocycles. The SMILES string of the molecule is Cc1ccoc1C(=O)N1CCC2CCNCC21. The van der Waals surface area contributed by atoms with Gasteiger partial charge in [-0.15, -0.1) is 0 Å². The van der Waals surface area contributed by atoms with Crippen molar-refractivity contribution in [1.82, 2.24) is 10.2 Å². The van der Waals surface area contributed by atoms with E-state index >= 15 is 0 Å². The highest BCUT2D eigenvalue weighted by Crippen LogP contribution is 2.30. The summed E-state index contributed by atoms with van der Waals surface area (Å²) in [4.78, 5) is 14.4. The van der Waals surface area contributed by atoms with Crippen LogP contribution in [0.5, 0.6) is 0 Å². The molecule has 92 valence electrons. The van der Waals surface area contributed by atoms with Crippen LogP contribution in [0.3, 0.4) is 0 Å². The Morgan fingerprint density at radius 2 is 2.41 bits per heavy atom. The lowest BCUT2D eigenvalue weighted by atomic mass is 9.93. The molecule has 0 aliphatic carbocycles.